The molecule has 1 atom stereocenters. The van der Waals surface area contributed by atoms with Gasteiger partial charge in [-0.15, -0.1) is 0 Å². The zero-order valence-corrected chi connectivity index (χ0v) is 12.1. The van der Waals surface area contributed by atoms with E-state index in [0.717, 1.165) is 5.56 Å². The molecule has 6 heteroatoms. The molecule has 0 saturated heterocycles. The van der Waals surface area contributed by atoms with Crippen LogP contribution in [0.4, 0.5) is 5.69 Å². The lowest BCUT2D eigenvalue weighted by atomic mass is 10.2. The Morgan fingerprint density at radius 2 is 1.82 bits per heavy atom. The molecule has 1 N–H and O–H groups in total. The first-order valence-electron chi connectivity index (χ1n) is 6.79. The highest BCUT2D eigenvalue weighted by Crippen LogP contribution is 2.26. The van der Waals surface area contributed by atoms with Crippen molar-refractivity contribution in [3.63, 3.8) is 0 Å². The largest absolute Gasteiger partial charge is 0.474 e. The lowest BCUT2D eigenvalue weighted by molar-refractivity contribution is -0.386. The number of nitrogens with zero attached hydrogens (tertiary/aromatic N) is 1. The van der Waals surface area contributed by atoms with Crippen LogP contribution in [0.5, 0.6) is 5.75 Å². The fourth-order valence-corrected chi connectivity index (χ4v) is 1.88. The molecule has 0 saturated carbocycles. The van der Waals surface area contributed by atoms with Gasteiger partial charge in [0.15, 0.2) is 11.9 Å². The number of benzene rings is 2. The topological polar surface area (TPSA) is 81.5 Å². The van der Waals surface area contributed by atoms with Gasteiger partial charge < -0.3 is 10.1 Å². The second-order valence-corrected chi connectivity index (χ2v) is 4.69. The standard InChI is InChI=1S/C16H16N2O4/c1-12(16(19)17-11-13-7-3-2-4-8-13)22-15-10-6-5-9-14(15)18(20)21/h2-10,12H,11H2,1H3,(H,17,19). The molecule has 0 aliphatic carbocycles. The molecule has 0 aliphatic rings. The molecular weight excluding hydrogens is 284 g/mol. The van der Waals surface area contributed by atoms with Gasteiger partial charge >= 0.3 is 5.69 Å². The lowest BCUT2D eigenvalue weighted by Crippen LogP contribution is -2.36. The summed E-state index contributed by atoms with van der Waals surface area (Å²) in [5.41, 5.74) is 0.805. The molecule has 0 fully saturated rings. The first-order valence-corrected chi connectivity index (χ1v) is 6.79. The van der Waals surface area contributed by atoms with Gasteiger partial charge in [-0.3, -0.25) is 14.9 Å². The predicted octanol–water partition coefficient (Wildman–Crippen LogP) is 2.68. The minimum atomic E-state index is -0.829. The summed E-state index contributed by atoms with van der Waals surface area (Å²) in [5, 5.41) is 13.6. The van der Waals surface area contributed by atoms with Gasteiger partial charge in [-0.1, -0.05) is 42.5 Å². The zero-order valence-electron chi connectivity index (χ0n) is 12.1. The molecule has 2 aromatic carbocycles. The highest BCUT2D eigenvalue weighted by atomic mass is 16.6. The van der Waals surface area contributed by atoms with Crippen molar-refractivity contribution in [3.8, 4) is 5.75 Å². The second-order valence-electron chi connectivity index (χ2n) is 4.69. The Labute approximate surface area is 127 Å². The van der Waals surface area contributed by atoms with E-state index in [4.69, 9.17) is 4.74 Å². The highest BCUT2D eigenvalue weighted by molar-refractivity contribution is 5.80. The monoisotopic (exact) mass is 300 g/mol. The Morgan fingerprint density at radius 1 is 1.18 bits per heavy atom. The summed E-state index contributed by atoms with van der Waals surface area (Å²) in [6.07, 6.45) is -0.829. The average Bonchev–Trinajstić information content (AvgIpc) is 2.53. The van der Waals surface area contributed by atoms with Gasteiger partial charge in [0.05, 0.1) is 4.92 Å². The van der Waals surface area contributed by atoms with Crippen molar-refractivity contribution in [2.75, 3.05) is 0 Å². The van der Waals surface area contributed by atoms with Crippen LogP contribution >= 0.6 is 0 Å². The Kier molecular flexibility index (Phi) is 5.08. The number of hydrogen-bond donors (Lipinski definition) is 1. The first kappa shape index (κ1) is 15.5. The molecule has 22 heavy (non-hydrogen) atoms. The van der Waals surface area contributed by atoms with E-state index in [0.29, 0.717) is 6.54 Å². The molecule has 0 radical (unpaired) electrons. The molecule has 1 unspecified atom stereocenters. The number of rotatable bonds is 6. The maximum atomic E-state index is 12.0. The van der Waals surface area contributed by atoms with Crippen LogP contribution in [-0.4, -0.2) is 16.9 Å². The van der Waals surface area contributed by atoms with Gasteiger partial charge in [0.2, 0.25) is 0 Å². The molecule has 2 rings (SSSR count). The predicted molar refractivity (Wildman–Crippen MR) is 81.5 cm³/mol. The Balaban J connectivity index is 1.96. The third-order valence-electron chi connectivity index (χ3n) is 3.04. The van der Waals surface area contributed by atoms with Crippen LogP contribution in [0.1, 0.15) is 12.5 Å². The van der Waals surface area contributed by atoms with Crippen LogP contribution in [0.3, 0.4) is 0 Å². The molecule has 0 bridgehead atoms. The summed E-state index contributed by atoms with van der Waals surface area (Å²) in [6.45, 7) is 1.93. The Hall–Kier alpha value is -2.89. The molecule has 0 aliphatic heterocycles. The quantitative estimate of drug-likeness (QED) is 0.657. The Morgan fingerprint density at radius 3 is 2.50 bits per heavy atom. The molecule has 6 nitrogen and oxygen atoms in total. The molecule has 0 spiro atoms. The van der Waals surface area contributed by atoms with Crippen LogP contribution in [0.2, 0.25) is 0 Å². The van der Waals surface area contributed by atoms with E-state index in [9.17, 15) is 14.9 Å². The molecule has 0 aromatic heterocycles. The van der Waals surface area contributed by atoms with Gasteiger partial charge in [0.1, 0.15) is 0 Å². The number of carbonyl (C=O) groups excluding carboxylic acids is 1. The van der Waals surface area contributed by atoms with E-state index in [1.54, 1.807) is 19.1 Å². The number of para-hydroxylation sites is 2. The highest BCUT2D eigenvalue weighted by Gasteiger charge is 2.20. The number of hydrogen-bond acceptors (Lipinski definition) is 4. The van der Waals surface area contributed by atoms with Gasteiger partial charge in [0, 0.05) is 12.6 Å². The fraction of sp³-hybridized carbons (Fsp3) is 0.188. The van der Waals surface area contributed by atoms with Crippen molar-refractivity contribution < 1.29 is 14.5 Å². The van der Waals surface area contributed by atoms with E-state index >= 15 is 0 Å². The Bertz CT molecular complexity index is 658. The second kappa shape index (κ2) is 7.21. The molecule has 114 valence electrons. The van der Waals surface area contributed by atoms with Crippen molar-refractivity contribution in [2.24, 2.45) is 0 Å². The van der Waals surface area contributed by atoms with E-state index in [1.165, 1.54) is 12.1 Å². The average molecular weight is 300 g/mol. The number of amides is 1. The summed E-state index contributed by atoms with van der Waals surface area (Å²) in [7, 11) is 0. The van der Waals surface area contributed by atoms with Gasteiger partial charge in [-0.2, -0.15) is 0 Å². The maximum Gasteiger partial charge on any atom is 0.310 e. The zero-order chi connectivity index (χ0) is 15.9. The lowest BCUT2D eigenvalue weighted by Gasteiger charge is -2.14. The van der Waals surface area contributed by atoms with Crippen molar-refractivity contribution >= 4 is 11.6 Å². The van der Waals surface area contributed by atoms with Crippen molar-refractivity contribution in [1.82, 2.24) is 5.32 Å². The number of carbonyl (C=O) groups is 1. The van der Waals surface area contributed by atoms with Crippen molar-refractivity contribution in [3.05, 3.63) is 70.3 Å². The van der Waals surface area contributed by atoms with Crippen LogP contribution < -0.4 is 10.1 Å². The number of nitrogens with one attached hydrogen (secondary N) is 1. The molecule has 0 heterocycles. The van der Waals surface area contributed by atoms with Gasteiger partial charge in [0.25, 0.3) is 5.91 Å². The fourth-order valence-electron chi connectivity index (χ4n) is 1.88. The molecule has 1 amide bonds. The summed E-state index contributed by atoms with van der Waals surface area (Å²) in [5.74, 6) is -0.253. The van der Waals surface area contributed by atoms with Crippen LogP contribution in [-0.2, 0) is 11.3 Å². The number of nitro groups is 1. The minimum Gasteiger partial charge on any atom is -0.474 e. The summed E-state index contributed by atoms with van der Waals surface area (Å²) in [6, 6.07) is 15.4. The number of ether oxygens (including phenoxy) is 1. The summed E-state index contributed by atoms with van der Waals surface area (Å²) >= 11 is 0. The van der Waals surface area contributed by atoms with Crippen molar-refractivity contribution in [2.45, 2.75) is 19.6 Å². The van der Waals surface area contributed by atoms with E-state index in [1.807, 2.05) is 30.3 Å². The number of nitro benzene ring substituents is 1. The minimum absolute atomic E-state index is 0.0786. The maximum absolute atomic E-state index is 12.0. The smallest absolute Gasteiger partial charge is 0.310 e. The molecular formula is C16H16N2O4. The SMILES string of the molecule is CC(Oc1ccccc1[N+](=O)[O-])C(=O)NCc1ccccc1. The van der Waals surface area contributed by atoms with Crippen LogP contribution in [0, 0.1) is 10.1 Å². The van der Waals surface area contributed by atoms with E-state index in [2.05, 4.69) is 5.32 Å². The van der Waals surface area contributed by atoms with Crippen molar-refractivity contribution in [1.29, 1.82) is 0 Å². The summed E-state index contributed by atoms with van der Waals surface area (Å²) in [4.78, 5) is 22.4. The van der Waals surface area contributed by atoms with Crippen LogP contribution in [0.25, 0.3) is 0 Å². The third kappa shape index (κ3) is 4.05. The van der Waals surface area contributed by atoms with Gasteiger partial charge in [-0.25, -0.2) is 0 Å². The third-order valence-corrected chi connectivity index (χ3v) is 3.04. The van der Waals surface area contributed by atoms with Gasteiger partial charge in [-0.05, 0) is 18.6 Å². The van der Waals surface area contributed by atoms with Crippen LogP contribution in [0.15, 0.2) is 54.6 Å². The first-order chi connectivity index (χ1) is 10.6. The summed E-state index contributed by atoms with van der Waals surface area (Å²) < 4.78 is 5.40. The van der Waals surface area contributed by atoms with E-state index in [-0.39, 0.29) is 17.3 Å². The normalized spacial score (nSPS) is 11.5. The van der Waals surface area contributed by atoms with E-state index < -0.39 is 11.0 Å². The molecule has 2 aromatic rings.